The zero-order valence-corrected chi connectivity index (χ0v) is 18.2. The van der Waals surface area contributed by atoms with E-state index < -0.39 is 0 Å². The predicted molar refractivity (Wildman–Crippen MR) is 113 cm³/mol. The molecule has 0 atom stereocenters. The summed E-state index contributed by atoms with van der Waals surface area (Å²) in [5.74, 6) is 1.21. The van der Waals surface area contributed by atoms with Crippen LogP contribution in [0.4, 0.5) is 0 Å². The number of alkyl halides is 1. The van der Waals surface area contributed by atoms with E-state index in [9.17, 15) is 5.11 Å². The maximum absolute atomic E-state index is 11.0. The summed E-state index contributed by atoms with van der Waals surface area (Å²) in [5.41, 5.74) is 7.01. The predicted octanol–water partition coefficient (Wildman–Crippen LogP) is 7.50. The molecule has 0 aliphatic rings. The van der Waals surface area contributed by atoms with Crippen molar-refractivity contribution in [3.8, 4) is 16.9 Å². The molecule has 0 aromatic heterocycles. The van der Waals surface area contributed by atoms with Gasteiger partial charge < -0.3 is 5.11 Å². The molecule has 1 nitrogen and oxygen atoms in total. The van der Waals surface area contributed by atoms with E-state index in [4.69, 9.17) is 0 Å². The van der Waals surface area contributed by atoms with E-state index in [1.807, 2.05) is 0 Å². The smallest absolute Gasteiger partial charge is 0.127 e. The van der Waals surface area contributed by atoms with Crippen LogP contribution in [0, 0.1) is 0 Å². The summed E-state index contributed by atoms with van der Waals surface area (Å²) in [6.45, 7) is 15.5. The van der Waals surface area contributed by atoms with Crippen molar-refractivity contribution in [1.29, 1.82) is 0 Å². The maximum atomic E-state index is 11.0. The van der Waals surface area contributed by atoms with E-state index >= 15 is 0 Å². The number of benzene rings is 2. The van der Waals surface area contributed by atoms with Crippen molar-refractivity contribution < 1.29 is 5.11 Å². The molecular weight excluding hydrogens is 372 g/mol. The van der Waals surface area contributed by atoms with Crippen LogP contribution in [0.2, 0.25) is 0 Å². The second-order valence-electron chi connectivity index (χ2n) is 8.54. The first kappa shape index (κ1) is 20.0. The molecule has 0 aliphatic heterocycles. The number of hydrogen-bond donors (Lipinski definition) is 1. The highest BCUT2D eigenvalue weighted by Crippen LogP contribution is 2.44. The Balaban J connectivity index is 2.90. The largest absolute Gasteiger partial charge is 0.507 e. The fourth-order valence-corrected chi connectivity index (χ4v) is 3.71. The molecular formula is C23H31BrO. The summed E-state index contributed by atoms with van der Waals surface area (Å²) in [6, 6.07) is 10.9. The normalized spacial score (nSPS) is 12.2. The van der Waals surface area contributed by atoms with E-state index in [2.05, 4.69) is 94.7 Å². The lowest BCUT2D eigenvalue weighted by Gasteiger charge is -2.25. The van der Waals surface area contributed by atoms with Gasteiger partial charge in [-0.1, -0.05) is 88.7 Å². The van der Waals surface area contributed by atoms with E-state index in [1.54, 1.807) is 0 Å². The van der Waals surface area contributed by atoms with E-state index in [0.717, 1.165) is 11.1 Å². The quantitative estimate of drug-likeness (QED) is 0.524. The summed E-state index contributed by atoms with van der Waals surface area (Å²) >= 11 is 3.55. The van der Waals surface area contributed by atoms with Crippen molar-refractivity contribution in [3.05, 3.63) is 52.6 Å². The molecule has 0 bridgehead atoms. The van der Waals surface area contributed by atoms with Crippen LogP contribution < -0.4 is 0 Å². The first-order valence-electron chi connectivity index (χ1n) is 9.13. The maximum Gasteiger partial charge on any atom is 0.127 e. The molecule has 0 saturated heterocycles. The van der Waals surface area contributed by atoms with Gasteiger partial charge >= 0.3 is 0 Å². The summed E-state index contributed by atoms with van der Waals surface area (Å²) in [6.07, 6.45) is 0. The van der Waals surface area contributed by atoms with Crippen LogP contribution in [0.5, 0.6) is 5.75 Å². The van der Waals surface area contributed by atoms with E-state index in [0.29, 0.717) is 22.9 Å². The minimum absolute atomic E-state index is 0.0319. The van der Waals surface area contributed by atoms with Gasteiger partial charge in [-0.05, 0) is 45.6 Å². The van der Waals surface area contributed by atoms with Gasteiger partial charge in [0, 0.05) is 16.5 Å². The number of hydrogen-bond acceptors (Lipinski definition) is 1. The Morgan fingerprint density at radius 2 is 1.48 bits per heavy atom. The monoisotopic (exact) mass is 402 g/mol. The van der Waals surface area contributed by atoms with Gasteiger partial charge in [-0.2, -0.15) is 0 Å². The second kappa shape index (κ2) is 7.53. The third-order valence-electron chi connectivity index (χ3n) is 4.84. The van der Waals surface area contributed by atoms with Crippen molar-refractivity contribution in [3.63, 3.8) is 0 Å². The van der Waals surface area contributed by atoms with Gasteiger partial charge in [0.15, 0.2) is 0 Å². The van der Waals surface area contributed by atoms with Crippen molar-refractivity contribution in [2.45, 2.75) is 71.0 Å². The zero-order chi connectivity index (χ0) is 18.9. The van der Waals surface area contributed by atoms with Crippen LogP contribution >= 0.6 is 15.9 Å². The Hall–Kier alpha value is -1.28. The summed E-state index contributed by atoms with van der Waals surface area (Å²) in [5, 5.41) is 11.7. The third kappa shape index (κ3) is 4.11. The lowest BCUT2D eigenvalue weighted by Crippen LogP contribution is -2.12. The van der Waals surface area contributed by atoms with Gasteiger partial charge in [0.1, 0.15) is 5.75 Å². The lowest BCUT2D eigenvalue weighted by atomic mass is 9.80. The Morgan fingerprint density at radius 3 is 1.88 bits per heavy atom. The standard InChI is InChI=1S/C23H31BrO/c1-14(2)18-9-8-10-19(15(3)4)21(18)20-12-17(23(5,6)7)11-16(13-24)22(20)25/h8-12,14-15,25H,13H2,1-7H3. The minimum atomic E-state index is 0.0319. The topological polar surface area (TPSA) is 20.2 Å². The van der Waals surface area contributed by atoms with Crippen molar-refractivity contribution in [1.82, 2.24) is 0 Å². The van der Waals surface area contributed by atoms with Gasteiger partial charge in [0.05, 0.1) is 0 Å². The molecule has 0 aliphatic carbocycles. The Kier molecular flexibility index (Phi) is 6.04. The van der Waals surface area contributed by atoms with E-state index in [-0.39, 0.29) is 5.41 Å². The van der Waals surface area contributed by atoms with Crippen LogP contribution in [-0.4, -0.2) is 5.11 Å². The summed E-state index contributed by atoms with van der Waals surface area (Å²) in [7, 11) is 0. The van der Waals surface area contributed by atoms with Gasteiger partial charge in [-0.25, -0.2) is 0 Å². The molecule has 0 radical (unpaired) electrons. The third-order valence-corrected chi connectivity index (χ3v) is 5.45. The number of phenolic OH excluding ortho intramolecular Hbond substituents is 1. The fraction of sp³-hybridized carbons (Fsp3) is 0.478. The van der Waals surface area contributed by atoms with Crippen molar-refractivity contribution >= 4 is 15.9 Å². The molecule has 0 amide bonds. The van der Waals surface area contributed by atoms with Crippen LogP contribution in [0.1, 0.15) is 82.6 Å². The molecule has 136 valence electrons. The van der Waals surface area contributed by atoms with Crippen molar-refractivity contribution in [2.24, 2.45) is 0 Å². The highest BCUT2D eigenvalue weighted by Gasteiger charge is 2.23. The second-order valence-corrected chi connectivity index (χ2v) is 9.10. The fourth-order valence-electron chi connectivity index (χ4n) is 3.28. The van der Waals surface area contributed by atoms with Crippen LogP contribution in [-0.2, 0) is 10.7 Å². The van der Waals surface area contributed by atoms with Crippen molar-refractivity contribution in [2.75, 3.05) is 0 Å². The highest BCUT2D eigenvalue weighted by molar-refractivity contribution is 9.08. The van der Waals surface area contributed by atoms with Gasteiger partial charge in [0.2, 0.25) is 0 Å². The Morgan fingerprint density at radius 1 is 0.960 bits per heavy atom. The minimum Gasteiger partial charge on any atom is -0.507 e. The number of rotatable bonds is 4. The molecule has 0 fully saturated rings. The number of aromatic hydroxyl groups is 1. The van der Waals surface area contributed by atoms with Gasteiger partial charge in [0.25, 0.3) is 0 Å². The summed E-state index contributed by atoms with van der Waals surface area (Å²) in [4.78, 5) is 0. The molecule has 2 rings (SSSR count). The summed E-state index contributed by atoms with van der Waals surface area (Å²) < 4.78 is 0. The molecule has 0 spiro atoms. The molecule has 25 heavy (non-hydrogen) atoms. The lowest BCUT2D eigenvalue weighted by molar-refractivity contribution is 0.471. The molecule has 2 aromatic carbocycles. The van der Waals surface area contributed by atoms with Gasteiger partial charge in [-0.3, -0.25) is 0 Å². The Bertz CT molecular complexity index is 725. The average Bonchev–Trinajstić information content (AvgIpc) is 2.53. The first-order valence-corrected chi connectivity index (χ1v) is 10.3. The van der Waals surface area contributed by atoms with Crippen LogP contribution in [0.25, 0.3) is 11.1 Å². The number of phenols is 1. The SMILES string of the molecule is CC(C)c1cccc(C(C)C)c1-c1cc(C(C)(C)C)cc(CBr)c1O. The molecule has 2 heteroatoms. The molecule has 0 unspecified atom stereocenters. The van der Waals surface area contributed by atoms with Gasteiger partial charge in [-0.15, -0.1) is 0 Å². The van der Waals surface area contributed by atoms with Crippen LogP contribution in [0.15, 0.2) is 30.3 Å². The molecule has 1 N–H and O–H groups in total. The van der Waals surface area contributed by atoms with Crippen LogP contribution in [0.3, 0.4) is 0 Å². The Labute approximate surface area is 161 Å². The molecule has 0 heterocycles. The molecule has 2 aromatic rings. The average molecular weight is 403 g/mol. The van der Waals surface area contributed by atoms with E-state index in [1.165, 1.54) is 22.3 Å². The molecule has 0 saturated carbocycles. The highest BCUT2D eigenvalue weighted by atomic mass is 79.9. The number of halogens is 1. The first-order chi connectivity index (χ1) is 11.6. The zero-order valence-electron chi connectivity index (χ0n) is 16.6.